The highest BCUT2D eigenvalue weighted by Crippen LogP contribution is 2.39. The van der Waals surface area contributed by atoms with E-state index in [-0.39, 0.29) is 18.4 Å². The van der Waals surface area contributed by atoms with E-state index in [0.717, 1.165) is 19.3 Å². The number of carbonyl (C=O) groups excluding carboxylic acids is 2. The molecule has 0 heterocycles. The molecule has 0 aliphatic heterocycles. The summed E-state index contributed by atoms with van der Waals surface area (Å²) in [6.07, 6.45) is 2.73. The molecule has 92 valence electrons. The molecule has 3 N–H and O–H groups in total. The van der Waals surface area contributed by atoms with Gasteiger partial charge in [-0.3, -0.25) is 9.59 Å². The highest BCUT2D eigenvalue weighted by atomic mass is 16.2. The molecular formula is C11H21N3O2. The van der Waals surface area contributed by atoms with Crippen LogP contribution in [0.4, 0.5) is 0 Å². The largest absolute Gasteiger partial charge is 0.347 e. The first-order valence-electron chi connectivity index (χ1n) is 5.78. The van der Waals surface area contributed by atoms with Crippen LogP contribution >= 0.6 is 0 Å². The van der Waals surface area contributed by atoms with Gasteiger partial charge in [-0.15, -0.1) is 0 Å². The van der Waals surface area contributed by atoms with E-state index in [9.17, 15) is 9.59 Å². The lowest BCUT2D eigenvalue weighted by Crippen LogP contribution is -2.52. The van der Waals surface area contributed by atoms with E-state index in [2.05, 4.69) is 5.32 Å². The Morgan fingerprint density at radius 3 is 2.44 bits per heavy atom. The number of rotatable bonds is 5. The van der Waals surface area contributed by atoms with Gasteiger partial charge >= 0.3 is 0 Å². The van der Waals surface area contributed by atoms with Crippen molar-refractivity contribution in [2.24, 2.45) is 11.1 Å². The number of nitrogens with two attached hydrogens (primary N) is 1. The van der Waals surface area contributed by atoms with Crippen LogP contribution in [-0.4, -0.2) is 43.4 Å². The quantitative estimate of drug-likeness (QED) is 0.677. The summed E-state index contributed by atoms with van der Waals surface area (Å²) in [5, 5.41) is 2.68. The molecule has 1 rings (SSSR count). The Morgan fingerprint density at radius 2 is 2.06 bits per heavy atom. The molecule has 0 aromatic carbocycles. The van der Waals surface area contributed by atoms with Crippen molar-refractivity contribution in [2.45, 2.75) is 26.2 Å². The Kier molecular flexibility index (Phi) is 4.29. The van der Waals surface area contributed by atoms with Crippen molar-refractivity contribution in [3.63, 3.8) is 0 Å². The average Bonchev–Trinajstić information content (AvgIpc) is 2.24. The summed E-state index contributed by atoms with van der Waals surface area (Å²) in [5.41, 5.74) is 5.21. The second-order valence-electron chi connectivity index (χ2n) is 4.43. The van der Waals surface area contributed by atoms with E-state index < -0.39 is 5.41 Å². The van der Waals surface area contributed by atoms with E-state index in [1.54, 1.807) is 11.9 Å². The molecule has 0 radical (unpaired) electrons. The van der Waals surface area contributed by atoms with Gasteiger partial charge in [-0.1, -0.05) is 6.42 Å². The highest BCUT2D eigenvalue weighted by Gasteiger charge is 2.42. The monoisotopic (exact) mass is 227 g/mol. The molecule has 16 heavy (non-hydrogen) atoms. The SMILES string of the molecule is CCN(C)C(=O)CNC(=O)C1(CN)CCC1. The van der Waals surface area contributed by atoms with Gasteiger partial charge in [0.05, 0.1) is 12.0 Å². The molecule has 0 unspecified atom stereocenters. The fourth-order valence-corrected chi connectivity index (χ4v) is 1.78. The number of hydrogen-bond donors (Lipinski definition) is 2. The minimum absolute atomic E-state index is 0.0673. The number of carbonyl (C=O) groups is 2. The molecule has 0 spiro atoms. The van der Waals surface area contributed by atoms with Gasteiger partial charge < -0.3 is 16.0 Å². The normalized spacial score (nSPS) is 17.4. The second kappa shape index (κ2) is 5.30. The van der Waals surface area contributed by atoms with E-state index in [4.69, 9.17) is 5.73 Å². The number of nitrogens with one attached hydrogen (secondary N) is 1. The lowest BCUT2D eigenvalue weighted by atomic mass is 9.68. The Labute approximate surface area is 96.4 Å². The van der Waals surface area contributed by atoms with Crippen LogP contribution < -0.4 is 11.1 Å². The molecule has 1 saturated carbocycles. The number of nitrogens with zero attached hydrogens (tertiary/aromatic N) is 1. The zero-order chi connectivity index (χ0) is 12.2. The first kappa shape index (κ1) is 13.0. The van der Waals surface area contributed by atoms with Crippen molar-refractivity contribution in [1.29, 1.82) is 0 Å². The topological polar surface area (TPSA) is 75.4 Å². The van der Waals surface area contributed by atoms with Gasteiger partial charge in [-0.25, -0.2) is 0 Å². The summed E-state index contributed by atoms with van der Waals surface area (Å²) in [7, 11) is 1.72. The third-order valence-electron chi connectivity index (χ3n) is 3.48. The van der Waals surface area contributed by atoms with Gasteiger partial charge in [-0.2, -0.15) is 0 Å². The molecule has 0 aromatic heterocycles. The first-order chi connectivity index (χ1) is 7.55. The van der Waals surface area contributed by atoms with Crippen molar-refractivity contribution in [1.82, 2.24) is 10.2 Å². The van der Waals surface area contributed by atoms with Crippen LogP contribution in [0.3, 0.4) is 0 Å². The average molecular weight is 227 g/mol. The predicted octanol–water partition coefficient (Wildman–Crippen LogP) is -0.290. The fraction of sp³-hybridized carbons (Fsp3) is 0.818. The highest BCUT2D eigenvalue weighted by molar-refractivity contribution is 5.88. The Bertz CT molecular complexity index is 269. The molecule has 0 saturated heterocycles. The maximum atomic E-state index is 11.8. The zero-order valence-electron chi connectivity index (χ0n) is 10.1. The third kappa shape index (κ3) is 2.52. The van der Waals surface area contributed by atoms with E-state index in [1.807, 2.05) is 6.92 Å². The molecule has 2 amide bonds. The van der Waals surface area contributed by atoms with Gasteiger partial charge in [0.25, 0.3) is 0 Å². The number of amides is 2. The fourth-order valence-electron chi connectivity index (χ4n) is 1.78. The van der Waals surface area contributed by atoms with Crippen LogP contribution in [0.15, 0.2) is 0 Å². The van der Waals surface area contributed by atoms with Crippen molar-refractivity contribution < 1.29 is 9.59 Å². The van der Waals surface area contributed by atoms with Crippen molar-refractivity contribution in [3.05, 3.63) is 0 Å². The van der Waals surface area contributed by atoms with Gasteiger partial charge in [0.1, 0.15) is 0 Å². The Morgan fingerprint density at radius 1 is 1.44 bits per heavy atom. The molecule has 1 aliphatic carbocycles. The van der Waals surface area contributed by atoms with Crippen LogP contribution in [-0.2, 0) is 9.59 Å². The van der Waals surface area contributed by atoms with Gasteiger partial charge in [0, 0.05) is 20.1 Å². The lowest BCUT2D eigenvalue weighted by Gasteiger charge is -2.39. The van der Waals surface area contributed by atoms with Crippen LogP contribution in [0.2, 0.25) is 0 Å². The summed E-state index contributed by atoms with van der Waals surface area (Å²) in [6, 6.07) is 0. The molecule has 0 aromatic rings. The van der Waals surface area contributed by atoms with Crippen molar-refractivity contribution in [3.8, 4) is 0 Å². The smallest absolute Gasteiger partial charge is 0.241 e. The van der Waals surface area contributed by atoms with Crippen LogP contribution in [0.25, 0.3) is 0 Å². The Hall–Kier alpha value is -1.10. The van der Waals surface area contributed by atoms with Gasteiger partial charge in [0.15, 0.2) is 0 Å². The summed E-state index contributed by atoms with van der Waals surface area (Å²) >= 11 is 0. The molecule has 0 atom stereocenters. The summed E-state index contributed by atoms with van der Waals surface area (Å²) in [4.78, 5) is 24.9. The minimum atomic E-state index is -0.398. The van der Waals surface area contributed by atoms with E-state index >= 15 is 0 Å². The maximum absolute atomic E-state index is 11.8. The summed E-state index contributed by atoms with van der Waals surface area (Å²) in [5.74, 6) is -0.138. The predicted molar refractivity (Wildman–Crippen MR) is 61.7 cm³/mol. The van der Waals surface area contributed by atoms with Crippen molar-refractivity contribution in [2.75, 3.05) is 26.7 Å². The number of likely N-dealkylation sites (N-methyl/N-ethyl adjacent to an activating group) is 1. The molecule has 1 aliphatic rings. The molecule has 0 bridgehead atoms. The standard InChI is InChI=1S/C11H21N3O2/c1-3-14(2)9(15)7-13-10(16)11(8-12)5-4-6-11/h3-8,12H2,1-2H3,(H,13,16). The molecule has 5 nitrogen and oxygen atoms in total. The van der Waals surface area contributed by atoms with Gasteiger partial charge in [-0.05, 0) is 19.8 Å². The maximum Gasteiger partial charge on any atom is 0.241 e. The molecule has 1 fully saturated rings. The summed E-state index contributed by atoms with van der Waals surface area (Å²) < 4.78 is 0. The van der Waals surface area contributed by atoms with Crippen LogP contribution in [0, 0.1) is 5.41 Å². The van der Waals surface area contributed by atoms with E-state index in [0.29, 0.717) is 13.1 Å². The lowest BCUT2D eigenvalue weighted by molar-refractivity contribution is -0.138. The number of hydrogen-bond acceptors (Lipinski definition) is 3. The third-order valence-corrected chi connectivity index (χ3v) is 3.48. The van der Waals surface area contributed by atoms with Crippen LogP contribution in [0.5, 0.6) is 0 Å². The second-order valence-corrected chi connectivity index (χ2v) is 4.43. The minimum Gasteiger partial charge on any atom is -0.347 e. The summed E-state index contributed by atoms with van der Waals surface area (Å²) in [6.45, 7) is 2.99. The molecule has 5 heteroatoms. The van der Waals surface area contributed by atoms with E-state index in [1.165, 1.54) is 0 Å². The van der Waals surface area contributed by atoms with Crippen molar-refractivity contribution >= 4 is 11.8 Å². The first-order valence-corrected chi connectivity index (χ1v) is 5.78. The molecular weight excluding hydrogens is 206 g/mol. The Balaban J connectivity index is 2.38. The van der Waals surface area contributed by atoms with Gasteiger partial charge in [0.2, 0.25) is 11.8 Å². The zero-order valence-corrected chi connectivity index (χ0v) is 10.1. The van der Waals surface area contributed by atoms with Crippen LogP contribution in [0.1, 0.15) is 26.2 Å².